The van der Waals surface area contributed by atoms with Crippen LogP contribution in [0.3, 0.4) is 0 Å². The van der Waals surface area contributed by atoms with Crippen molar-refractivity contribution >= 4 is 12.4 Å². The molecule has 0 bridgehead atoms. The molecule has 126 valence electrons. The number of carbonyl (C=O) groups is 2. The van der Waals surface area contributed by atoms with E-state index in [0.717, 1.165) is 29.7 Å². The molecule has 1 heterocycles. The highest BCUT2D eigenvalue weighted by Gasteiger charge is 2.19. The van der Waals surface area contributed by atoms with Gasteiger partial charge >= 0.3 is 6.03 Å². The van der Waals surface area contributed by atoms with Crippen molar-refractivity contribution in [3.8, 4) is 5.75 Å². The Morgan fingerprint density at radius 2 is 1.87 bits per heavy atom. The lowest BCUT2D eigenvalue weighted by molar-refractivity contribution is -0.119. The van der Waals surface area contributed by atoms with Gasteiger partial charge in [-0.05, 0) is 31.4 Å². The highest BCUT2D eigenvalue weighted by atomic mass is 16.5. The second-order valence-corrected chi connectivity index (χ2v) is 5.78. The molecule has 1 aliphatic rings. The van der Waals surface area contributed by atoms with E-state index in [2.05, 4.69) is 5.32 Å². The molecule has 1 saturated heterocycles. The number of rotatable bonds is 6. The Morgan fingerprint density at radius 1 is 1.22 bits per heavy atom. The van der Waals surface area contributed by atoms with Crippen LogP contribution in [0.4, 0.5) is 4.79 Å². The van der Waals surface area contributed by atoms with Crippen molar-refractivity contribution in [1.82, 2.24) is 15.1 Å². The molecule has 0 unspecified atom stereocenters. The summed E-state index contributed by atoms with van der Waals surface area (Å²) in [6, 6.07) is 6.01. The minimum atomic E-state index is -0.0670. The summed E-state index contributed by atoms with van der Waals surface area (Å²) in [4.78, 5) is 26.1. The molecule has 6 nitrogen and oxygen atoms in total. The van der Waals surface area contributed by atoms with E-state index >= 15 is 0 Å². The van der Waals surface area contributed by atoms with E-state index in [4.69, 9.17) is 4.74 Å². The first kappa shape index (κ1) is 17.1. The highest BCUT2D eigenvalue weighted by Crippen LogP contribution is 2.22. The number of nitrogens with zero attached hydrogens (tertiary/aromatic N) is 2. The fraction of sp³-hybridized carbons (Fsp3) is 0.529. The molecule has 3 amide bonds. The van der Waals surface area contributed by atoms with Gasteiger partial charge in [0.25, 0.3) is 0 Å². The van der Waals surface area contributed by atoms with Gasteiger partial charge in [0.05, 0.1) is 6.61 Å². The summed E-state index contributed by atoms with van der Waals surface area (Å²) in [6.45, 7) is 7.60. The van der Waals surface area contributed by atoms with Gasteiger partial charge in [-0.15, -0.1) is 0 Å². The number of nitrogens with one attached hydrogen (secondary N) is 1. The van der Waals surface area contributed by atoms with Gasteiger partial charge in [0.1, 0.15) is 5.75 Å². The number of aryl methyl sites for hydroxylation is 2. The quantitative estimate of drug-likeness (QED) is 0.639. The van der Waals surface area contributed by atoms with Crippen LogP contribution in [-0.4, -0.2) is 61.6 Å². The van der Waals surface area contributed by atoms with Gasteiger partial charge in [0.2, 0.25) is 6.41 Å². The Morgan fingerprint density at radius 3 is 2.48 bits per heavy atom. The summed E-state index contributed by atoms with van der Waals surface area (Å²) < 4.78 is 5.81. The Balaban J connectivity index is 1.64. The van der Waals surface area contributed by atoms with E-state index in [-0.39, 0.29) is 6.03 Å². The summed E-state index contributed by atoms with van der Waals surface area (Å²) in [5.74, 6) is 0.934. The van der Waals surface area contributed by atoms with Crippen LogP contribution in [0.15, 0.2) is 18.2 Å². The molecular formula is C17H25N3O3. The Hall–Kier alpha value is -2.24. The van der Waals surface area contributed by atoms with Crippen molar-refractivity contribution in [3.63, 3.8) is 0 Å². The van der Waals surface area contributed by atoms with Gasteiger partial charge in [0, 0.05) is 32.7 Å². The van der Waals surface area contributed by atoms with Gasteiger partial charge in [-0.1, -0.05) is 18.2 Å². The summed E-state index contributed by atoms with van der Waals surface area (Å²) in [7, 11) is 0. The maximum atomic E-state index is 12.0. The number of hydrogen-bond donors (Lipinski definition) is 1. The van der Waals surface area contributed by atoms with Crippen LogP contribution >= 0.6 is 0 Å². The number of benzene rings is 1. The van der Waals surface area contributed by atoms with E-state index < -0.39 is 0 Å². The molecule has 1 aromatic carbocycles. The predicted octanol–water partition coefficient (Wildman–Crippen LogP) is 1.56. The molecule has 1 aromatic rings. The number of amides is 3. The van der Waals surface area contributed by atoms with Crippen LogP contribution in [0.2, 0.25) is 0 Å². The second kappa shape index (κ2) is 8.41. The minimum Gasteiger partial charge on any atom is -0.493 e. The van der Waals surface area contributed by atoms with Gasteiger partial charge in [-0.2, -0.15) is 0 Å². The van der Waals surface area contributed by atoms with E-state index in [1.807, 2.05) is 32.0 Å². The SMILES string of the molecule is Cc1cccc(C)c1OCCCNC(=O)N1CCN(C=O)CC1. The van der Waals surface area contributed by atoms with E-state index in [1.54, 1.807) is 9.80 Å². The number of hydrogen-bond acceptors (Lipinski definition) is 3. The van der Waals surface area contributed by atoms with Crippen LogP contribution in [0.5, 0.6) is 5.75 Å². The Labute approximate surface area is 137 Å². The number of ether oxygens (including phenoxy) is 1. The zero-order valence-electron chi connectivity index (χ0n) is 13.9. The molecule has 0 aliphatic carbocycles. The van der Waals surface area contributed by atoms with Crippen LogP contribution in [-0.2, 0) is 4.79 Å². The number of piperazine rings is 1. The zero-order valence-corrected chi connectivity index (χ0v) is 13.9. The van der Waals surface area contributed by atoms with Crippen molar-refractivity contribution < 1.29 is 14.3 Å². The molecular weight excluding hydrogens is 294 g/mol. The smallest absolute Gasteiger partial charge is 0.317 e. The highest BCUT2D eigenvalue weighted by molar-refractivity contribution is 5.74. The zero-order chi connectivity index (χ0) is 16.7. The monoisotopic (exact) mass is 319 g/mol. The molecule has 6 heteroatoms. The van der Waals surface area contributed by atoms with Crippen LogP contribution in [0.1, 0.15) is 17.5 Å². The Bertz CT molecular complexity index is 520. The summed E-state index contributed by atoms with van der Waals surface area (Å²) in [5.41, 5.74) is 2.25. The first-order valence-electron chi connectivity index (χ1n) is 8.03. The van der Waals surface area contributed by atoms with Crippen molar-refractivity contribution in [2.24, 2.45) is 0 Å². The lowest BCUT2D eigenvalue weighted by Gasteiger charge is -2.32. The molecule has 1 fully saturated rings. The molecule has 1 aliphatic heterocycles. The van der Waals surface area contributed by atoms with Gasteiger partial charge in [-0.25, -0.2) is 4.79 Å². The maximum Gasteiger partial charge on any atom is 0.317 e. The molecule has 0 saturated carbocycles. The molecule has 2 rings (SSSR count). The average molecular weight is 319 g/mol. The van der Waals surface area contributed by atoms with Gasteiger partial charge in [-0.3, -0.25) is 4.79 Å². The standard InChI is InChI=1S/C17H25N3O3/c1-14-5-3-6-15(2)16(14)23-12-4-7-18-17(22)20-10-8-19(13-21)9-11-20/h3,5-6,13H,4,7-12H2,1-2H3,(H,18,22). The third-order valence-electron chi connectivity index (χ3n) is 4.00. The van der Waals surface area contributed by atoms with Crippen LogP contribution in [0, 0.1) is 13.8 Å². The third kappa shape index (κ3) is 4.87. The van der Waals surface area contributed by atoms with Crippen LogP contribution < -0.4 is 10.1 Å². The maximum absolute atomic E-state index is 12.0. The fourth-order valence-corrected chi connectivity index (χ4v) is 2.61. The third-order valence-corrected chi connectivity index (χ3v) is 4.00. The van der Waals surface area contributed by atoms with Crippen molar-refractivity contribution in [1.29, 1.82) is 0 Å². The first-order chi connectivity index (χ1) is 11.1. The normalized spacial score (nSPS) is 14.5. The van der Waals surface area contributed by atoms with Gasteiger partial charge in [0.15, 0.2) is 0 Å². The lowest BCUT2D eigenvalue weighted by atomic mass is 10.1. The lowest BCUT2D eigenvalue weighted by Crippen LogP contribution is -2.51. The molecule has 0 radical (unpaired) electrons. The number of carbonyl (C=O) groups excluding carboxylic acids is 2. The summed E-state index contributed by atoms with van der Waals surface area (Å²) >= 11 is 0. The molecule has 1 N–H and O–H groups in total. The van der Waals surface area contributed by atoms with Crippen molar-refractivity contribution in [2.75, 3.05) is 39.3 Å². The summed E-state index contributed by atoms with van der Waals surface area (Å²) in [5, 5.41) is 2.90. The second-order valence-electron chi connectivity index (χ2n) is 5.78. The molecule has 0 spiro atoms. The molecule has 0 aromatic heterocycles. The van der Waals surface area contributed by atoms with Crippen molar-refractivity contribution in [3.05, 3.63) is 29.3 Å². The van der Waals surface area contributed by atoms with E-state index in [9.17, 15) is 9.59 Å². The first-order valence-corrected chi connectivity index (χ1v) is 8.03. The minimum absolute atomic E-state index is 0.0670. The largest absolute Gasteiger partial charge is 0.493 e. The van der Waals surface area contributed by atoms with Gasteiger partial charge < -0.3 is 19.9 Å². The molecule has 0 atom stereocenters. The fourth-order valence-electron chi connectivity index (χ4n) is 2.61. The van der Waals surface area contributed by atoms with Crippen molar-refractivity contribution in [2.45, 2.75) is 20.3 Å². The van der Waals surface area contributed by atoms with Crippen LogP contribution in [0.25, 0.3) is 0 Å². The Kier molecular flexibility index (Phi) is 6.26. The summed E-state index contributed by atoms with van der Waals surface area (Å²) in [6.07, 6.45) is 1.59. The predicted molar refractivity (Wildman–Crippen MR) is 88.6 cm³/mol. The molecule has 23 heavy (non-hydrogen) atoms. The topological polar surface area (TPSA) is 61.9 Å². The number of para-hydroxylation sites is 1. The number of urea groups is 1. The average Bonchev–Trinajstić information content (AvgIpc) is 2.56. The van der Waals surface area contributed by atoms with E-state index in [1.165, 1.54) is 0 Å². The van der Waals surface area contributed by atoms with E-state index in [0.29, 0.717) is 39.3 Å².